The molecule has 0 spiro atoms. The molecule has 158 valence electrons. The standard InChI is InChI=1S/C24H23N3O3S/c1-29-23(28)21-11-7-19(8-12-21)16-30-22-13-9-18(10-14-22)15-26-27-24(25)31-17-20-5-3-2-4-6-20/h2-15H,16-17H2,1H3,(H2,25,27). The molecule has 0 atom stereocenters. The van der Waals surface area contributed by atoms with Crippen molar-refractivity contribution >= 4 is 29.1 Å². The second kappa shape index (κ2) is 11.6. The molecule has 0 saturated carbocycles. The Labute approximate surface area is 185 Å². The van der Waals surface area contributed by atoms with E-state index in [1.54, 1.807) is 18.3 Å². The van der Waals surface area contributed by atoms with Crippen LogP contribution >= 0.6 is 11.8 Å². The maximum absolute atomic E-state index is 11.5. The predicted octanol–water partition coefficient (Wildman–Crippen LogP) is 4.63. The van der Waals surface area contributed by atoms with Crippen molar-refractivity contribution in [2.75, 3.05) is 7.11 Å². The van der Waals surface area contributed by atoms with Gasteiger partial charge in [-0.1, -0.05) is 54.2 Å². The number of rotatable bonds is 8. The van der Waals surface area contributed by atoms with Crippen LogP contribution in [0.4, 0.5) is 0 Å². The van der Waals surface area contributed by atoms with Crippen molar-refractivity contribution in [3.05, 3.63) is 101 Å². The van der Waals surface area contributed by atoms with Gasteiger partial charge in [0.2, 0.25) is 0 Å². The van der Waals surface area contributed by atoms with Crippen LogP contribution in [0, 0.1) is 0 Å². The Hall–Kier alpha value is -3.58. The Bertz CT molecular complexity index is 1030. The number of thioether (sulfide) groups is 1. The number of ether oxygens (including phenoxy) is 2. The van der Waals surface area contributed by atoms with Gasteiger partial charge in [-0.3, -0.25) is 0 Å². The van der Waals surface area contributed by atoms with Gasteiger partial charge in [-0.25, -0.2) is 4.79 Å². The van der Waals surface area contributed by atoms with Crippen LogP contribution in [-0.2, 0) is 17.1 Å². The lowest BCUT2D eigenvalue weighted by Gasteiger charge is -2.07. The second-order valence-corrected chi connectivity index (χ2v) is 7.50. The molecule has 0 fully saturated rings. The largest absolute Gasteiger partial charge is 0.489 e. The number of carbonyl (C=O) groups is 1. The molecule has 0 saturated heterocycles. The van der Waals surface area contributed by atoms with E-state index in [9.17, 15) is 4.79 Å². The van der Waals surface area contributed by atoms with E-state index in [2.05, 4.69) is 10.2 Å². The number of hydrogen-bond acceptors (Lipinski definition) is 6. The first kappa shape index (κ1) is 22.1. The van der Waals surface area contributed by atoms with Crippen LogP contribution in [0.3, 0.4) is 0 Å². The molecule has 0 aromatic heterocycles. The van der Waals surface area contributed by atoms with Crippen LogP contribution in [0.1, 0.15) is 27.0 Å². The molecule has 2 N–H and O–H groups in total. The van der Waals surface area contributed by atoms with Gasteiger partial charge >= 0.3 is 5.97 Å². The molecule has 3 rings (SSSR count). The number of methoxy groups -OCH3 is 1. The summed E-state index contributed by atoms with van der Waals surface area (Å²) >= 11 is 1.44. The summed E-state index contributed by atoms with van der Waals surface area (Å²) in [4.78, 5) is 11.5. The van der Waals surface area contributed by atoms with Crippen molar-refractivity contribution < 1.29 is 14.3 Å². The Morgan fingerprint density at radius 1 is 0.968 bits per heavy atom. The number of hydrogen-bond donors (Lipinski definition) is 1. The van der Waals surface area contributed by atoms with Gasteiger partial charge in [-0.15, -0.1) is 5.10 Å². The van der Waals surface area contributed by atoms with Gasteiger partial charge in [0, 0.05) is 5.75 Å². The van der Waals surface area contributed by atoms with E-state index in [-0.39, 0.29) is 5.97 Å². The normalized spacial score (nSPS) is 11.5. The highest BCUT2D eigenvalue weighted by atomic mass is 32.2. The quantitative estimate of drug-likeness (QED) is 0.242. The van der Waals surface area contributed by atoms with Crippen molar-refractivity contribution in [2.45, 2.75) is 12.4 Å². The zero-order valence-electron chi connectivity index (χ0n) is 17.1. The molecule has 3 aromatic rings. The molecule has 0 aliphatic rings. The Morgan fingerprint density at radius 3 is 2.35 bits per heavy atom. The third-order valence-corrected chi connectivity index (χ3v) is 5.11. The molecule has 0 bridgehead atoms. The summed E-state index contributed by atoms with van der Waals surface area (Å²) in [5, 5.41) is 8.48. The summed E-state index contributed by atoms with van der Waals surface area (Å²) in [5.74, 6) is 1.13. The Morgan fingerprint density at radius 2 is 1.68 bits per heavy atom. The summed E-state index contributed by atoms with van der Waals surface area (Å²) < 4.78 is 10.5. The minimum absolute atomic E-state index is 0.356. The smallest absolute Gasteiger partial charge is 0.337 e. The van der Waals surface area contributed by atoms with Crippen molar-refractivity contribution in [3.8, 4) is 5.75 Å². The molecule has 31 heavy (non-hydrogen) atoms. The molecule has 0 aliphatic carbocycles. The van der Waals surface area contributed by atoms with E-state index >= 15 is 0 Å². The highest BCUT2D eigenvalue weighted by Gasteiger charge is 2.04. The lowest BCUT2D eigenvalue weighted by atomic mass is 10.1. The molecule has 7 heteroatoms. The van der Waals surface area contributed by atoms with Crippen LogP contribution in [0.2, 0.25) is 0 Å². The Balaban J connectivity index is 1.46. The zero-order valence-corrected chi connectivity index (χ0v) is 17.9. The molecule has 6 nitrogen and oxygen atoms in total. The number of esters is 1. The SMILES string of the molecule is COC(=O)c1ccc(COc2ccc(C=NN=C(N)SCc3ccccc3)cc2)cc1. The zero-order chi connectivity index (χ0) is 21.9. The highest BCUT2D eigenvalue weighted by Crippen LogP contribution is 2.15. The number of benzene rings is 3. The highest BCUT2D eigenvalue weighted by molar-refractivity contribution is 8.13. The fourth-order valence-corrected chi connectivity index (χ4v) is 3.20. The first-order valence-corrected chi connectivity index (χ1v) is 10.6. The van der Waals surface area contributed by atoms with E-state index in [1.165, 1.54) is 24.4 Å². The van der Waals surface area contributed by atoms with Crippen LogP contribution in [0.25, 0.3) is 0 Å². The van der Waals surface area contributed by atoms with Gasteiger partial charge in [0.05, 0.1) is 18.9 Å². The predicted molar refractivity (Wildman–Crippen MR) is 126 cm³/mol. The third-order valence-electron chi connectivity index (χ3n) is 4.25. The minimum Gasteiger partial charge on any atom is -0.489 e. The van der Waals surface area contributed by atoms with Gasteiger partial charge in [-0.2, -0.15) is 5.10 Å². The molecule has 0 amide bonds. The minimum atomic E-state index is -0.356. The summed E-state index contributed by atoms with van der Waals surface area (Å²) in [7, 11) is 1.36. The molecule has 0 aliphatic heterocycles. The van der Waals surface area contributed by atoms with E-state index < -0.39 is 0 Å². The average molecular weight is 434 g/mol. The fourth-order valence-electron chi connectivity index (χ4n) is 2.58. The van der Waals surface area contributed by atoms with Crippen molar-refractivity contribution in [1.82, 2.24) is 0 Å². The number of amidine groups is 1. The number of nitrogens with two attached hydrogens (primary N) is 1. The van der Waals surface area contributed by atoms with E-state index in [0.29, 0.717) is 17.3 Å². The molecule has 3 aromatic carbocycles. The molecular formula is C24H23N3O3S. The lowest BCUT2D eigenvalue weighted by Crippen LogP contribution is -2.05. The molecular weight excluding hydrogens is 410 g/mol. The second-order valence-electron chi connectivity index (χ2n) is 6.50. The van der Waals surface area contributed by atoms with Crippen LogP contribution < -0.4 is 10.5 Å². The summed E-state index contributed by atoms with van der Waals surface area (Å²) in [6.07, 6.45) is 1.64. The first-order valence-electron chi connectivity index (χ1n) is 9.57. The molecule has 0 unspecified atom stereocenters. The van der Waals surface area contributed by atoms with Crippen molar-refractivity contribution in [2.24, 2.45) is 15.9 Å². The number of carbonyl (C=O) groups excluding carboxylic acids is 1. The topological polar surface area (TPSA) is 86.3 Å². The number of nitrogens with zero attached hydrogens (tertiary/aromatic N) is 2. The fraction of sp³-hybridized carbons (Fsp3) is 0.125. The van der Waals surface area contributed by atoms with E-state index in [4.69, 9.17) is 15.2 Å². The summed E-state index contributed by atoms with van der Waals surface area (Å²) in [5.41, 5.74) is 9.43. The van der Waals surface area contributed by atoms with Crippen LogP contribution in [-0.4, -0.2) is 24.5 Å². The maximum Gasteiger partial charge on any atom is 0.337 e. The third kappa shape index (κ3) is 7.31. The summed E-state index contributed by atoms with van der Waals surface area (Å²) in [6.45, 7) is 0.397. The monoisotopic (exact) mass is 433 g/mol. The van der Waals surface area contributed by atoms with Gasteiger partial charge < -0.3 is 15.2 Å². The Kier molecular flexibility index (Phi) is 8.25. The van der Waals surface area contributed by atoms with Gasteiger partial charge in [0.25, 0.3) is 0 Å². The maximum atomic E-state index is 11.5. The van der Waals surface area contributed by atoms with E-state index in [1.807, 2.05) is 66.7 Å². The summed E-state index contributed by atoms with van der Waals surface area (Å²) in [6, 6.07) is 24.7. The van der Waals surface area contributed by atoms with Crippen molar-refractivity contribution in [1.29, 1.82) is 0 Å². The van der Waals surface area contributed by atoms with Gasteiger partial charge in [0.1, 0.15) is 12.4 Å². The van der Waals surface area contributed by atoms with Gasteiger partial charge in [-0.05, 0) is 53.1 Å². The van der Waals surface area contributed by atoms with Gasteiger partial charge in [0.15, 0.2) is 5.17 Å². The molecule has 0 radical (unpaired) electrons. The van der Waals surface area contributed by atoms with E-state index in [0.717, 1.165) is 22.6 Å². The van der Waals surface area contributed by atoms with Crippen molar-refractivity contribution in [3.63, 3.8) is 0 Å². The molecule has 0 heterocycles. The van der Waals surface area contributed by atoms with Crippen LogP contribution in [0.5, 0.6) is 5.75 Å². The first-order chi connectivity index (χ1) is 15.1. The van der Waals surface area contributed by atoms with Crippen LogP contribution in [0.15, 0.2) is 89.1 Å². The lowest BCUT2D eigenvalue weighted by molar-refractivity contribution is 0.0600. The average Bonchev–Trinajstić information content (AvgIpc) is 2.83.